The van der Waals surface area contributed by atoms with Crippen molar-refractivity contribution in [2.75, 3.05) is 13.2 Å². The number of alkyl halides is 5. The Morgan fingerprint density at radius 2 is 1.96 bits per heavy atom. The van der Waals surface area contributed by atoms with Crippen molar-refractivity contribution >= 4 is 41.7 Å². The van der Waals surface area contributed by atoms with Gasteiger partial charge in [-0.05, 0) is 54.2 Å². The fourth-order valence-electron chi connectivity index (χ4n) is 5.72. The summed E-state index contributed by atoms with van der Waals surface area (Å²) in [6.45, 7) is -3.62. The number of carbonyl (C=O) groups is 2. The molecule has 1 aromatic heterocycles. The molecule has 272 valence electrons. The van der Waals surface area contributed by atoms with Crippen LogP contribution in [-0.2, 0) is 9.53 Å². The molecule has 5 N–H and O–H groups in total. The molecular weight excluding hydrogens is 710 g/mol. The second-order valence-corrected chi connectivity index (χ2v) is 12.1. The monoisotopic (exact) mass is 740 g/mol. The lowest BCUT2D eigenvalue weighted by atomic mass is 9.79. The molecule has 2 heterocycles. The van der Waals surface area contributed by atoms with Crippen LogP contribution >= 0.6 is 11.6 Å². The van der Waals surface area contributed by atoms with Crippen molar-refractivity contribution in [3.8, 4) is 11.3 Å². The van der Waals surface area contributed by atoms with Crippen LogP contribution in [0.1, 0.15) is 61.0 Å². The van der Waals surface area contributed by atoms with Crippen LogP contribution in [0.3, 0.4) is 0 Å². The zero-order valence-corrected chi connectivity index (χ0v) is 27.5. The van der Waals surface area contributed by atoms with Crippen LogP contribution < -0.4 is 16.8 Å². The van der Waals surface area contributed by atoms with Crippen LogP contribution in [0, 0.1) is 11.7 Å². The zero-order chi connectivity index (χ0) is 37.0. The maximum absolute atomic E-state index is 15.5. The Bertz CT molecular complexity index is 1860. The number of benzene rings is 2. The number of rotatable bonds is 11. The number of nitrogens with zero attached hydrogens (tertiary/aromatic N) is 7. The lowest BCUT2D eigenvalue weighted by Gasteiger charge is -2.34. The van der Waals surface area contributed by atoms with E-state index in [1.807, 2.05) is 0 Å². The van der Waals surface area contributed by atoms with Crippen molar-refractivity contribution < 1.29 is 40.7 Å². The quantitative estimate of drug-likeness (QED) is 0.104. The van der Waals surface area contributed by atoms with Gasteiger partial charge in [-0.1, -0.05) is 42.3 Å². The van der Waals surface area contributed by atoms with Gasteiger partial charge in [0.15, 0.2) is 17.8 Å². The summed E-state index contributed by atoms with van der Waals surface area (Å²) in [5.74, 6) is -1.97. The molecule has 3 aromatic rings. The Morgan fingerprint density at radius 3 is 2.61 bits per heavy atom. The first kappa shape index (κ1) is 37.1. The highest BCUT2D eigenvalue weighted by Crippen LogP contribution is 2.40. The van der Waals surface area contributed by atoms with E-state index in [2.05, 4.69) is 32.2 Å². The second-order valence-electron chi connectivity index (χ2n) is 11.7. The summed E-state index contributed by atoms with van der Waals surface area (Å²) in [6, 6.07) is 5.06. The number of hydrogen-bond acceptors (Lipinski definition) is 8. The number of aliphatic imine (C=N–C) groups is 3. The predicted molar refractivity (Wildman–Crippen MR) is 173 cm³/mol. The third kappa shape index (κ3) is 8.58. The van der Waals surface area contributed by atoms with Crippen molar-refractivity contribution in [2.24, 2.45) is 32.4 Å². The van der Waals surface area contributed by atoms with Gasteiger partial charge < -0.3 is 21.5 Å². The van der Waals surface area contributed by atoms with Gasteiger partial charge in [-0.2, -0.15) is 26.9 Å². The summed E-state index contributed by atoms with van der Waals surface area (Å²) in [5.41, 5.74) is 11.8. The molecule has 2 aliphatic rings. The Hall–Kier alpha value is -5.20. The number of alkyl carbamates (subject to hydrolysis) is 1. The Balaban J connectivity index is 1.43. The van der Waals surface area contributed by atoms with Gasteiger partial charge in [-0.3, -0.25) is 9.69 Å². The fraction of sp³-hybridized carbons (Fsp3) is 0.387. The van der Waals surface area contributed by atoms with Gasteiger partial charge in [-0.25, -0.2) is 23.9 Å². The summed E-state index contributed by atoms with van der Waals surface area (Å²) < 4.78 is 86.7. The molecule has 5 rings (SSSR count). The van der Waals surface area contributed by atoms with E-state index in [-0.39, 0.29) is 39.0 Å². The highest BCUT2D eigenvalue weighted by Gasteiger charge is 2.41. The van der Waals surface area contributed by atoms with Crippen LogP contribution in [0.25, 0.3) is 11.3 Å². The van der Waals surface area contributed by atoms with Crippen molar-refractivity contribution in [1.29, 1.82) is 0 Å². The lowest BCUT2D eigenvalue weighted by Crippen LogP contribution is -2.44. The van der Waals surface area contributed by atoms with E-state index in [0.29, 0.717) is 12.3 Å². The van der Waals surface area contributed by atoms with E-state index >= 15 is 4.39 Å². The van der Waals surface area contributed by atoms with Crippen molar-refractivity contribution in [3.63, 3.8) is 0 Å². The Kier molecular flexibility index (Phi) is 11.2. The third-order valence-corrected chi connectivity index (χ3v) is 8.72. The molecule has 1 aliphatic heterocycles. The summed E-state index contributed by atoms with van der Waals surface area (Å²) in [7, 11) is 0. The molecule has 2 amide bonds. The first-order valence-corrected chi connectivity index (χ1v) is 15.8. The number of halogens is 7. The maximum atomic E-state index is 15.5. The highest BCUT2D eigenvalue weighted by molar-refractivity contribution is 6.34. The number of aromatic nitrogens is 3. The number of guanidine groups is 1. The molecule has 2 atom stereocenters. The molecular formula is C31H31ClF6N10O3. The van der Waals surface area contributed by atoms with Crippen LogP contribution in [0.4, 0.5) is 31.1 Å². The van der Waals surface area contributed by atoms with Gasteiger partial charge >= 0.3 is 18.8 Å². The smallest absolute Gasteiger partial charge is 0.407 e. The van der Waals surface area contributed by atoms with Crippen molar-refractivity contribution in [1.82, 2.24) is 25.2 Å². The minimum Gasteiger partial charge on any atom is -0.447 e. The average Bonchev–Trinajstić information content (AvgIpc) is 3.63. The molecule has 2 unspecified atom stereocenters. The van der Waals surface area contributed by atoms with Gasteiger partial charge in [0.05, 0.1) is 29.6 Å². The molecule has 0 spiro atoms. The topological polar surface area (TPSA) is 178 Å². The zero-order valence-electron chi connectivity index (χ0n) is 26.7. The number of ether oxygens (including phenoxy) is 1. The predicted octanol–water partition coefficient (Wildman–Crippen LogP) is 5.28. The minimum absolute atomic E-state index is 0.0423. The second kappa shape index (κ2) is 15.4. The Labute approximate surface area is 291 Å². The SMILES string of the molecule is CCC1CC(n2cc(-c3ccc(C4N=C(N)N(C(COC(=O)NCC(F)(F)F)c5ccc(Cl)c(/C(N=CN)=N\C(F)F)c5)C4=O)cc3F)nn2)C1. The molecule has 0 radical (unpaired) electrons. The number of nitrogens with two attached hydrogens (primary N) is 2. The summed E-state index contributed by atoms with van der Waals surface area (Å²) in [4.78, 5) is 37.9. The number of hydrogen-bond donors (Lipinski definition) is 3. The van der Waals surface area contributed by atoms with E-state index in [4.69, 9.17) is 27.8 Å². The van der Waals surface area contributed by atoms with Gasteiger partial charge in [-0.15, -0.1) is 5.10 Å². The number of amides is 2. The van der Waals surface area contributed by atoms with Crippen molar-refractivity contribution in [2.45, 2.75) is 57.0 Å². The van der Waals surface area contributed by atoms with E-state index in [9.17, 15) is 31.5 Å². The van der Waals surface area contributed by atoms with Crippen LogP contribution in [-0.4, -0.2) is 75.9 Å². The summed E-state index contributed by atoms with van der Waals surface area (Å²) in [5, 5.41) is 9.67. The molecule has 2 aromatic carbocycles. The van der Waals surface area contributed by atoms with Crippen LogP contribution in [0.15, 0.2) is 57.6 Å². The molecule has 51 heavy (non-hydrogen) atoms. The van der Waals surface area contributed by atoms with E-state index in [0.717, 1.165) is 30.2 Å². The number of carbonyl (C=O) groups excluding carboxylic acids is 2. The summed E-state index contributed by atoms with van der Waals surface area (Å²) in [6.07, 6.45) is -0.932. The Morgan fingerprint density at radius 1 is 1.22 bits per heavy atom. The van der Waals surface area contributed by atoms with Gasteiger partial charge in [0.25, 0.3) is 5.91 Å². The molecule has 1 fully saturated rings. The molecule has 1 saturated carbocycles. The van der Waals surface area contributed by atoms with Gasteiger partial charge in [0.1, 0.15) is 24.7 Å². The van der Waals surface area contributed by atoms with Crippen LogP contribution in [0.5, 0.6) is 0 Å². The largest absolute Gasteiger partial charge is 0.447 e. The average molecular weight is 741 g/mol. The van der Waals surface area contributed by atoms with Gasteiger partial charge in [0, 0.05) is 11.1 Å². The first-order chi connectivity index (χ1) is 24.2. The molecule has 0 bridgehead atoms. The number of amidine groups is 1. The highest BCUT2D eigenvalue weighted by atomic mass is 35.5. The normalized spacial score (nSPS) is 20.1. The lowest BCUT2D eigenvalue weighted by molar-refractivity contribution is -0.129. The van der Waals surface area contributed by atoms with E-state index < -0.39 is 67.6 Å². The number of nitrogens with one attached hydrogen (secondary N) is 1. The first-order valence-electron chi connectivity index (χ1n) is 15.4. The molecule has 0 saturated heterocycles. The third-order valence-electron chi connectivity index (χ3n) is 8.39. The van der Waals surface area contributed by atoms with Crippen molar-refractivity contribution in [3.05, 3.63) is 70.1 Å². The molecule has 20 heteroatoms. The molecule has 13 nitrogen and oxygen atoms in total. The molecule has 1 aliphatic carbocycles. The van der Waals surface area contributed by atoms with Gasteiger partial charge in [0.2, 0.25) is 0 Å². The summed E-state index contributed by atoms with van der Waals surface area (Å²) >= 11 is 6.24. The standard InChI is InChI=1S/C31H31ClF6N10O3/c1-2-15-7-18(8-15)47-11-23(45-46-47)19-5-3-17(10-22(19)33)25-27(49)48(29(40)43-25)24(12-51-30(50)41-13-31(36,37)38)16-4-6-21(32)20(9-16)26(42-14-39)44-28(34)35/h3-6,9-11,14-15,18,24-25,28H,2,7-8,12-13H2,1H3,(H2,40,43)(H,41,50)(H2,39,42,44). The van der Waals surface area contributed by atoms with E-state index in [1.54, 1.807) is 10.9 Å². The fourth-order valence-corrected chi connectivity index (χ4v) is 5.92. The minimum atomic E-state index is -4.75. The van der Waals surface area contributed by atoms with E-state index in [1.165, 1.54) is 35.6 Å². The maximum Gasteiger partial charge on any atom is 0.407 e. The van der Waals surface area contributed by atoms with Crippen LogP contribution in [0.2, 0.25) is 5.02 Å².